The van der Waals surface area contributed by atoms with Crippen molar-refractivity contribution in [3.63, 3.8) is 0 Å². The highest BCUT2D eigenvalue weighted by atomic mass is 32.2. The number of sulfone groups is 1. The van der Waals surface area contributed by atoms with Gasteiger partial charge in [0.25, 0.3) is 0 Å². The molecule has 0 aliphatic rings. The summed E-state index contributed by atoms with van der Waals surface area (Å²) in [6.45, 7) is 0. The molecule has 5 heteroatoms. The summed E-state index contributed by atoms with van der Waals surface area (Å²) in [5.74, 6) is -0.770. The monoisotopic (exact) mass is 174 g/mol. The van der Waals surface area contributed by atoms with Gasteiger partial charge in [0.15, 0.2) is 15.7 Å². The van der Waals surface area contributed by atoms with Crippen molar-refractivity contribution >= 4 is 9.84 Å². The Bertz CT molecular complexity index is 361. The third kappa shape index (κ3) is 1.98. The molecule has 0 aromatic carbocycles. The van der Waals surface area contributed by atoms with Crippen molar-refractivity contribution in [2.24, 2.45) is 0 Å². The molecule has 0 fully saturated rings. The molecule has 0 spiro atoms. The van der Waals surface area contributed by atoms with E-state index >= 15 is 0 Å². The lowest BCUT2D eigenvalue weighted by Gasteiger charge is -1.94. The van der Waals surface area contributed by atoms with E-state index < -0.39 is 15.7 Å². The van der Waals surface area contributed by atoms with E-state index in [9.17, 15) is 12.8 Å². The van der Waals surface area contributed by atoms with Gasteiger partial charge >= 0.3 is 0 Å². The molecule has 1 heterocycles. The van der Waals surface area contributed by atoms with Crippen molar-refractivity contribution in [2.75, 3.05) is 6.26 Å². The zero-order chi connectivity index (χ0) is 8.48. The summed E-state index contributed by atoms with van der Waals surface area (Å²) in [7, 11) is -3.35. The van der Waals surface area contributed by atoms with Gasteiger partial charge in [0.05, 0.1) is 4.90 Å². The van der Waals surface area contributed by atoms with Gasteiger partial charge in [-0.25, -0.2) is 12.8 Å². The molecule has 1 rings (SSSR count). The van der Waals surface area contributed by atoms with E-state index in [1.54, 1.807) is 0 Å². The summed E-state index contributed by atoms with van der Waals surface area (Å²) in [5, 5.41) is 0. The molecule has 1 aromatic rings. The maximum Gasteiger partial charge on any atom is 0.177 e. The van der Waals surface area contributed by atoms with Crippen molar-refractivity contribution < 1.29 is 12.8 Å². The molecule has 59 valence electrons. The number of rotatable bonds is 1. The van der Waals surface area contributed by atoms with Crippen molar-refractivity contribution in [2.45, 2.75) is 4.90 Å². The minimum atomic E-state index is -3.35. The Labute approximate surface area is 63.8 Å². The molecule has 0 unspecified atom stereocenters. The second kappa shape index (κ2) is 2.58. The Kier molecular flexibility index (Phi) is 1.90. The van der Waals surface area contributed by atoms with Crippen molar-refractivity contribution in [1.29, 1.82) is 0 Å². The number of halogens is 1. The SMILES string of the molecule is CS(=O)(=O)c1cn[c]c(F)c1. The van der Waals surface area contributed by atoms with Gasteiger partial charge in [-0.3, -0.25) is 4.98 Å². The smallest absolute Gasteiger partial charge is 0.177 e. The second-order valence-corrected chi connectivity index (χ2v) is 4.05. The van der Waals surface area contributed by atoms with Crippen LogP contribution in [-0.4, -0.2) is 19.7 Å². The van der Waals surface area contributed by atoms with Crippen LogP contribution in [-0.2, 0) is 9.84 Å². The standard InChI is InChI=1S/C6H5FNO2S/c1-11(9,10)6-2-5(7)3-8-4-6/h2,4H,1H3. The summed E-state index contributed by atoms with van der Waals surface area (Å²) < 4.78 is 33.8. The maximum atomic E-state index is 12.3. The maximum absolute atomic E-state index is 12.3. The van der Waals surface area contributed by atoms with E-state index in [-0.39, 0.29) is 4.90 Å². The number of nitrogens with zero attached hydrogens (tertiary/aromatic N) is 1. The van der Waals surface area contributed by atoms with E-state index in [1.807, 2.05) is 6.20 Å². The topological polar surface area (TPSA) is 47.0 Å². The molecule has 0 saturated heterocycles. The fourth-order valence-corrected chi connectivity index (χ4v) is 1.12. The first-order valence-electron chi connectivity index (χ1n) is 2.73. The highest BCUT2D eigenvalue weighted by Gasteiger charge is 2.07. The molecule has 0 bridgehead atoms. The highest BCUT2D eigenvalue weighted by molar-refractivity contribution is 7.90. The van der Waals surface area contributed by atoms with Gasteiger partial charge in [-0.05, 0) is 6.07 Å². The quantitative estimate of drug-likeness (QED) is 0.620. The van der Waals surface area contributed by atoms with Crippen molar-refractivity contribution in [3.05, 3.63) is 24.3 Å². The largest absolute Gasteiger partial charge is 0.250 e. The number of pyridine rings is 1. The third-order valence-electron chi connectivity index (χ3n) is 1.06. The lowest BCUT2D eigenvalue weighted by molar-refractivity contribution is 0.592. The van der Waals surface area contributed by atoms with Gasteiger partial charge in [-0.2, -0.15) is 0 Å². The molecule has 0 N–H and O–H groups in total. The Morgan fingerprint density at radius 3 is 2.64 bits per heavy atom. The Hall–Kier alpha value is -0.970. The van der Waals surface area contributed by atoms with Crippen LogP contribution in [0.1, 0.15) is 0 Å². The Balaban J connectivity index is 3.28. The molecule has 0 saturated carbocycles. The lowest BCUT2D eigenvalue weighted by Crippen LogP contribution is -1.98. The van der Waals surface area contributed by atoms with Crippen molar-refractivity contribution in [1.82, 2.24) is 4.98 Å². The number of hydrogen-bond donors (Lipinski definition) is 0. The van der Waals surface area contributed by atoms with Gasteiger partial charge in [0.2, 0.25) is 0 Å². The summed E-state index contributed by atoms with van der Waals surface area (Å²) in [6, 6.07) is 0.877. The fraction of sp³-hybridized carbons (Fsp3) is 0.167. The summed E-state index contributed by atoms with van der Waals surface area (Å²) in [6.07, 6.45) is 4.01. The first-order chi connectivity index (χ1) is 5.00. The lowest BCUT2D eigenvalue weighted by atomic mass is 10.5. The number of hydrogen-bond acceptors (Lipinski definition) is 3. The molecule has 0 aliphatic heterocycles. The molecule has 3 nitrogen and oxygen atoms in total. The highest BCUT2D eigenvalue weighted by Crippen LogP contribution is 2.06. The van der Waals surface area contributed by atoms with Crippen LogP contribution in [0.4, 0.5) is 4.39 Å². The van der Waals surface area contributed by atoms with Crippen molar-refractivity contribution in [3.8, 4) is 0 Å². The Morgan fingerprint density at radius 1 is 1.64 bits per heavy atom. The molecule has 0 atom stereocenters. The normalized spacial score (nSPS) is 11.5. The first kappa shape index (κ1) is 8.13. The van der Waals surface area contributed by atoms with Crippen LogP contribution < -0.4 is 0 Å². The van der Waals surface area contributed by atoms with Gasteiger partial charge < -0.3 is 0 Å². The van der Waals surface area contributed by atoms with E-state index in [4.69, 9.17) is 0 Å². The minimum Gasteiger partial charge on any atom is -0.250 e. The van der Waals surface area contributed by atoms with E-state index in [2.05, 4.69) is 4.98 Å². The molecule has 11 heavy (non-hydrogen) atoms. The van der Waals surface area contributed by atoms with Gasteiger partial charge in [-0.1, -0.05) is 0 Å². The van der Waals surface area contributed by atoms with Crippen LogP contribution >= 0.6 is 0 Å². The van der Waals surface area contributed by atoms with Crippen LogP contribution in [0.15, 0.2) is 17.2 Å². The molecular formula is C6H5FNO2S. The average Bonchev–Trinajstić information content (AvgIpc) is 1.86. The van der Waals surface area contributed by atoms with E-state index in [0.717, 1.165) is 18.5 Å². The van der Waals surface area contributed by atoms with Crippen LogP contribution in [0.5, 0.6) is 0 Å². The zero-order valence-electron chi connectivity index (χ0n) is 5.70. The fourth-order valence-electron chi connectivity index (χ4n) is 0.555. The van der Waals surface area contributed by atoms with Gasteiger partial charge in [0, 0.05) is 12.5 Å². The second-order valence-electron chi connectivity index (χ2n) is 2.04. The number of aromatic nitrogens is 1. The first-order valence-corrected chi connectivity index (χ1v) is 4.62. The average molecular weight is 174 g/mol. The van der Waals surface area contributed by atoms with Gasteiger partial charge in [0.1, 0.15) is 6.20 Å². The molecule has 0 aliphatic carbocycles. The zero-order valence-corrected chi connectivity index (χ0v) is 6.52. The summed E-state index contributed by atoms with van der Waals surface area (Å²) >= 11 is 0. The van der Waals surface area contributed by atoms with Crippen LogP contribution in [0, 0.1) is 12.0 Å². The third-order valence-corrected chi connectivity index (χ3v) is 2.14. The minimum absolute atomic E-state index is 0.131. The van der Waals surface area contributed by atoms with Crippen LogP contribution in [0.2, 0.25) is 0 Å². The molecular weight excluding hydrogens is 169 g/mol. The van der Waals surface area contributed by atoms with E-state index in [0.29, 0.717) is 0 Å². The van der Waals surface area contributed by atoms with Crippen LogP contribution in [0.3, 0.4) is 0 Å². The Morgan fingerprint density at radius 2 is 2.27 bits per heavy atom. The predicted molar refractivity (Wildman–Crippen MR) is 36.1 cm³/mol. The predicted octanol–water partition coefficient (Wildman–Crippen LogP) is 0.424. The summed E-state index contributed by atoms with van der Waals surface area (Å²) in [5.41, 5.74) is 0. The summed E-state index contributed by atoms with van der Waals surface area (Å²) in [4.78, 5) is 3.14. The van der Waals surface area contributed by atoms with Crippen LogP contribution in [0.25, 0.3) is 0 Å². The van der Waals surface area contributed by atoms with Gasteiger partial charge in [-0.15, -0.1) is 0 Å². The molecule has 1 aromatic heterocycles. The molecule has 0 amide bonds. The van der Waals surface area contributed by atoms with E-state index in [1.165, 1.54) is 0 Å². The molecule has 1 radical (unpaired) electrons.